The van der Waals surface area contributed by atoms with Crippen LogP contribution in [0.15, 0.2) is 72.9 Å². The van der Waals surface area contributed by atoms with Crippen molar-refractivity contribution in [2.45, 2.75) is 19.8 Å². The minimum atomic E-state index is -0.169. The third-order valence-electron chi connectivity index (χ3n) is 4.93. The van der Waals surface area contributed by atoms with Crippen LogP contribution in [0.25, 0.3) is 11.3 Å². The van der Waals surface area contributed by atoms with Crippen molar-refractivity contribution in [1.29, 1.82) is 0 Å². The highest BCUT2D eigenvalue weighted by molar-refractivity contribution is 5.76. The van der Waals surface area contributed by atoms with Gasteiger partial charge in [0.2, 0.25) is 0 Å². The lowest BCUT2D eigenvalue weighted by Gasteiger charge is -2.07. The number of nitrogens with zero attached hydrogens (tertiary/aromatic N) is 3. The van der Waals surface area contributed by atoms with Crippen LogP contribution in [0.1, 0.15) is 38.7 Å². The Bertz CT molecular complexity index is 1160. The van der Waals surface area contributed by atoms with E-state index in [0.717, 1.165) is 23.2 Å². The number of aromatic nitrogens is 3. The topological polar surface area (TPSA) is 76.0 Å². The number of hydrogen-bond acceptors (Lipinski definition) is 5. The second-order valence-electron chi connectivity index (χ2n) is 7.16. The summed E-state index contributed by atoms with van der Waals surface area (Å²) in [7, 11) is 0. The summed E-state index contributed by atoms with van der Waals surface area (Å²) in [4.78, 5) is 24.0. The summed E-state index contributed by atoms with van der Waals surface area (Å²) in [5.41, 5.74) is 5.82. The van der Waals surface area contributed by atoms with E-state index >= 15 is 0 Å². The lowest BCUT2D eigenvalue weighted by atomic mass is 10.0. The average Bonchev–Trinajstić information content (AvgIpc) is 2.78. The number of carbonyl (C=O) groups excluding carboxylic acids is 1. The Kier molecular flexibility index (Phi) is 5.61. The van der Waals surface area contributed by atoms with E-state index in [1.54, 1.807) is 13.1 Å². The van der Waals surface area contributed by atoms with Crippen LogP contribution in [-0.4, -0.2) is 26.3 Å². The fraction of sp³-hybridized carbons (Fsp3) is 0.120. The highest BCUT2D eigenvalue weighted by atomic mass is 16.3. The molecule has 0 saturated heterocycles. The van der Waals surface area contributed by atoms with Crippen LogP contribution >= 0.6 is 0 Å². The predicted octanol–water partition coefficient (Wildman–Crippen LogP) is 4.55. The zero-order valence-corrected chi connectivity index (χ0v) is 16.6. The first-order valence-electron chi connectivity index (χ1n) is 9.72. The normalized spacial score (nSPS) is 10.7. The Labute approximate surface area is 175 Å². The predicted molar refractivity (Wildman–Crippen MR) is 116 cm³/mol. The zero-order valence-electron chi connectivity index (χ0n) is 16.6. The molecule has 0 fully saturated rings. The van der Waals surface area contributed by atoms with Crippen molar-refractivity contribution in [3.8, 4) is 17.0 Å². The van der Waals surface area contributed by atoms with Crippen molar-refractivity contribution in [3.05, 3.63) is 107 Å². The smallest absolute Gasteiger partial charge is 0.172 e. The van der Waals surface area contributed by atoms with E-state index in [1.807, 2.05) is 18.2 Å². The molecule has 0 aliphatic rings. The fourth-order valence-electron chi connectivity index (χ4n) is 3.32. The van der Waals surface area contributed by atoms with Gasteiger partial charge >= 0.3 is 0 Å². The molecule has 0 atom stereocenters. The van der Waals surface area contributed by atoms with E-state index in [2.05, 4.69) is 63.5 Å². The molecule has 148 valence electrons. The molecule has 5 heteroatoms. The van der Waals surface area contributed by atoms with Gasteiger partial charge < -0.3 is 5.11 Å². The molecule has 0 aliphatic carbocycles. The van der Waals surface area contributed by atoms with Crippen LogP contribution in [0.3, 0.4) is 0 Å². The minimum absolute atomic E-state index is 0.0117. The SMILES string of the molecule is Cc1nc(Cc2ccc(-c3ccc(Cc4ccccc4)cc3)nc2)nc(C=O)c1O. The van der Waals surface area contributed by atoms with Crippen LogP contribution in [0.4, 0.5) is 0 Å². The van der Waals surface area contributed by atoms with Crippen molar-refractivity contribution in [3.63, 3.8) is 0 Å². The van der Waals surface area contributed by atoms with Gasteiger partial charge in [-0.15, -0.1) is 0 Å². The molecular weight excluding hydrogens is 374 g/mol. The Hall–Kier alpha value is -3.86. The van der Waals surface area contributed by atoms with Gasteiger partial charge in [-0.25, -0.2) is 9.97 Å². The van der Waals surface area contributed by atoms with Gasteiger partial charge in [0.25, 0.3) is 0 Å². The first-order valence-corrected chi connectivity index (χ1v) is 9.72. The molecule has 2 aromatic carbocycles. The third-order valence-corrected chi connectivity index (χ3v) is 4.93. The summed E-state index contributed by atoms with van der Waals surface area (Å²) in [6.45, 7) is 1.65. The van der Waals surface area contributed by atoms with E-state index in [4.69, 9.17) is 0 Å². The molecule has 4 rings (SSSR count). The van der Waals surface area contributed by atoms with Gasteiger partial charge in [-0.1, -0.05) is 60.7 Å². The largest absolute Gasteiger partial charge is 0.504 e. The Morgan fingerprint density at radius 2 is 1.53 bits per heavy atom. The molecule has 4 aromatic rings. The van der Waals surface area contributed by atoms with Gasteiger partial charge in [0.05, 0.1) is 11.4 Å². The molecule has 2 aromatic heterocycles. The van der Waals surface area contributed by atoms with Crippen LogP contribution in [-0.2, 0) is 12.8 Å². The molecule has 1 N–H and O–H groups in total. The van der Waals surface area contributed by atoms with Gasteiger partial charge in [-0.2, -0.15) is 0 Å². The first kappa shape index (κ1) is 19.5. The summed E-state index contributed by atoms with van der Waals surface area (Å²) in [5, 5.41) is 9.78. The van der Waals surface area contributed by atoms with Crippen LogP contribution in [0.2, 0.25) is 0 Å². The van der Waals surface area contributed by atoms with E-state index < -0.39 is 0 Å². The van der Waals surface area contributed by atoms with Crippen LogP contribution in [0.5, 0.6) is 5.75 Å². The highest BCUT2D eigenvalue weighted by Gasteiger charge is 2.11. The first-order chi connectivity index (χ1) is 14.6. The molecule has 0 radical (unpaired) electrons. The van der Waals surface area contributed by atoms with E-state index in [0.29, 0.717) is 24.2 Å². The number of carbonyl (C=O) groups is 1. The van der Waals surface area contributed by atoms with E-state index in [1.165, 1.54) is 11.1 Å². The number of aromatic hydroxyl groups is 1. The maximum Gasteiger partial charge on any atom is 0.172 e. The molecule has 0 spiro atoms. The minimum Gasteiger partial charge on any atom is -0.504 e. The van der Waals surface area contributed by atoms with Gasteiger partial charge in [0, 0.05) is 18.2 Å². The average molecular weight is 395 g/mol. The zero-order chi connectivity index (χ0) is 20.9. The Morgan fingerprint density at radius 1 is 0.833 bits per heavy atom. The lowest BCUT2D eigenvalue weighted by molar-refractivity contribution is 0.111. The molecule has 2 heterocycles. The molecule has 0 bridgehead atoms. The number of aldehydes is 1. The van der Waals surface area contributed by atoms with Crippen molar-refractivity contribution >= 4 is 6.29 Å². The highest BCUT2D eigenvalue weighted by Crippen LogP contribution is 2.21. The molecule has 30 heavy (non-hydrogen) atoms. The number of pyridine rings is 1. The monoisotopic (exact) mass is 395 g/mol. The van der Waals surface area contributed by atoms with Gasteiger partial charge in [-0.3, -0.25) is 9.78 Å². The fourth-order valence-corrected chi connectivity index (χ4v) is 3.32. The summed E-state index contributed by atoms with van der Waals surface area (Å²) in [6.07, 6.45) is 3.67. The van der Waals surface area contributed by atoms with Gasteiger partial charge in [0.1, 0.15) is 11.5 Å². The van der Waals surface area contributed by atoms with Crippen molar-refractivity contribution < 1.29 is 9.90 Å². The van der Waals surface area contributed by atoms with Crippen molar-refractivity contribution in [1.82, 2.24) is 15.0 Å². The maximum absolute atomic E-state index is 11.0. The molecule has 0 aliphatic heterocycles. The molecule has 0 saturated carbocycles. The molecule has 5 nitrogen and oxygen atoms in total. The van der Waals surface area contributed by atoms with Crippen LogP contribution < -0.4 is 0 Å². The maximum atomic E-state index is 11.0. The second-order valence-corrected chi connectivity index (χ2v) is 7.16. The second kappa shape index (κ2) is 8.66. The van der Waals surface area contributed by atoms with Crippen molar-refractivity contribution in [2.75, 3.05) is 0 Å². The van der Waals surface area contributed by atoms with Gasteiger partial charge in [-0.05, 0) is 36.1 Å². The standard InChI is InChI=1S/C25H21N3O2/c1-17-25(30)23(16-29)28-24(27-17)14-20-9-12-22(26-15-20)21-10-7-19(8-11-21)13-18-5-3-2-4-6-18/h2-12,15-16,30H,13-14H2,1H3. The summed E-state index contributed by atoms with van der Waals surface area (Å²) >= 11 is 0. The Balaban J connectivity index is 1.47. The molecular formula is C25H21N3O2. The number of aryl methyl sites for hydroxylation is 1. The van der Waals surface area contributed by atoms with E-state index in [-0.39, 0.29) is 11.4 Å². The lowest BCUT2D eigenvalue weighted by Crippen LogP contribution is -2.03. The van der Waals surface area contributed by atoms with E-state index in [9.17, 15) is 9.90 Å². The summed E-state index contributed by atoms with van der Waals surface area (Å²) < 4.78 is 0. The Morgan fingerprint density at radius 3 is 2.20 bits per heavy atom. The summed E-state index contributed by atoms with van der Waals surface area (Å²) in [5.74, 6) is 0.310. The number of benzene rings is 2. The molecule has 0 unspecified atom stereocenters. The summed E-state index contributed by atoms with van der Waals surface area (Å²) in [6, 6.07) is 22.8. The van der Waals surface area contributed by atoms with Gasteiger partial charge in [0.15, 0.2) is 12.0 Å². The van der Waals surface area contributed by atoms with Crippen molar-refractivity contribution in [2.24, 2.45) is 0 Å². The van der Waals surface area contributed by atoms with Crippen LogP contribution in [0, 0.1) is 6.92 Å². The quantitative estimate of drug-likeness (QED) is 0.485. The molecule has 0 amide bonds. The number of hydrogen-bond donors (Lipinski definition) is 1. The number of rotatable bonds is 6. The third kappa shape index (κ3) is 4.41.